The fraction of sp³-hybridized carbons (Fsp3) is 0.462. The van der Waals surface area contributed by atoms with Gasteiger partial charge in [-0.3, -0.25) is 4.79 Å². The van der Waals surface area contributed by atoms with Gasteiger partial charge in [0.2, 0.25) is 5.91 Å². The van der Waals surface area contributed by atoms with Gasteiger partial charge in [-0.1, -0.05) is 25.4 Å². The van der Waals surface area contributed by atoms with Crippen LogP contribution >= 0.6 is 11.6 Å². The quantitative estimate of drug-likeness (QED) is 0.819. The van der Waals surface area contributed by atoms with Crippen LogP contribution in [0, 0.1) is 0 Å². The zero-order valence-electron chi connectivity index (χ0n) is 10.3. The lowest BCUT2D eigenvalue weighted by molar-refractivity contribution is -0.120. The first-order chi connectivity index (χ1) is 8.15. The van der Waals surface area contributed by atoms with Crippen LogP contribution in [0.3, 0.4) is 0 Å². The van der Waals surface area contributed by atoms with E-state index in [4.69, 9.17) is 11.6 Å². The van der Waals surface area contributed by atoms with Gasteiger partial charge >= 0.3 is 0 Å². The Morgan fingerprint density at radius 2 is 1.82 bits per heavy atom. The van der Waals surface area contributed by atoms with Gasteiger partial charge in [0.05, 0.1) is 6.54 Å². The standard InChI is InChI=1S/C13H19ClN2O/c1-3-11(4-2)16-13(17)9-15-12-7-5-10(14)6-8-12/h5-8,11,15H,3-4,9H2,1-2H3,(H,16,17). The summed E-state index contributed by atoms with van der Waals surface area (Å²) in [5, 5.41) is 6.72. The molecule has 0 bridgehead atoms. The van der Waals surface area contributed by atoms with E-state index in [1.165, 1.54) is 0 Å². The van der Waals surface area contributed by atoms with Crippen molar-refractivity contribution < 1.29 is 4.79 Å². The third kappa shape index (κ3) is 5.09. The highest BCUT2D eigenvalue weighted by Crippen LogP contribution is 2.12. The number of anilines is 1. The Morgan fingerprint density at radius 3 is 2.35 bits per heavy atom. The van der Waals surface area contributed by atoms with Crippen molar-refractivity contribution in [2.24, 2.45) is 0 Å². The Kier molecular flexibility index (Phi) is 5.84. The van der Waals surface area contributed by atoms with Gasteiger partial charge < -0.3 is 10.6 Å². The molecule has 0 unspecified atom stereocenters. The average Bonchev–Trinajstić information content (AvgIpc) is 2.35. The van der Waals surface area contributed by atoms with Crippen LogP contribution in [0.15, 0.2) is 24.3 Å². The number of rotatable bonds is 6. The van der Waals surface area contributed by atoms with Crippen molar-refractivity contribution in [3.63, 3.8) is 0 Å². The number of carbonyl (C=O) groups is 1. The van der Waals surface area contributed by atoms with Crippen LogP contribution in [0.1, 0.15) is 26.7 Å². The molecular weight excluding hydrogens is 236 g/mol. The normalized spacial score (nSPS) is 10.4. The summed E-state index contributed by atoms with van der Waals surface area (Å²) in [6.45, 7) is 4.43. The highest BCUT2D eigenvalue weighted by atomic mass is 35.5. The largest absolute Gasteiger partial charge is 0.376 e. The van der Waals surface area contributed by atoms with E-state index in [9.17, 15) is 4.79 Å². The maximum atomic E-state index is 11.6. The van der Waals surface area contributed by atoms with E-state index in [-0.39, 0.29) is 18.5 Å². The summed E-state index contributed by atoms with van der Waals surface area (Å²) in [6.07, 6.45) is 1.92. The highest BCUT2D eigenvalue weighted by molar-refractivity contribution is 6.30. The summed E-state index contributed by atoms with van der Waals surface area (Å²) in [6, 6.07) is 7.57. The lowest BCUT2D eigenvalue weighted by atomic mass is 10.2. The number of halogens is 1. The van der Waals surface area contributed by atoms with E-state index in [0.29, 0.717) is 5.02 Å². The van der Waals surface area contributed by atoms with Gasteiger partial charge in [-0.25, -0.2) is 0 Å². The van der Waals surface area contributed by atoms with E-state index in [1.54, 1.807) is 12.1 Å². The molecule has 94 valence electrons. The van der Waals surface area contributed by atoms with Crippen molar-refractivity contribution in [3.8, 4) is 0 Å². The lowest BCUT2D eigenvalue weighted by Gasteiger charge is -2.15. The fourth-order valence-corrected chi connectivity index (χ4v) is 1.65. The highest BCUT2D eigenvalue weighted by Gasteiger charge is 2.07. The van der Waals surface area contributed by atoms with Gasteiger partial charge in [0.15, 0.2) is 0 Å². The first-order valence-corrected chi connectivity index (χ1v) is 6.32. The molecule has 4 heteroatoms. The van der Waals surface area contributed by atoms with Crippen molar-refractivity contribution in [2.45, 2.75) is 32.7 Å². The number of nitrogens with one attached hydrogen (secondary N) is 2. The zero-order chi connectivity index (χ0) is 12.7. The average molecular weight is 255 g/mol. The summed E-state index contributed by atoms with van der Waals surface area (Å²) in [4.78, 5) is 11.6. The molecule has 0 spiro atoms. The van der Waals surface area contributed by atoms with Crippen molar-refractivity contribution in [2.75, 3.05) is 11.9 Å². The lowest BCUT2D eigenvalue weighted by Crippen LogP contribution is -2.37. The van der Waals surface area contributed by atoms with Crippen LogP contribution in [-0.4, -0.2) is 18.5 Å². The van der Waals surface area contributed by atoms with Gasteiger partial charge in [-0.2, -0.15) is 0 Å². The molecule has 1 amide bonds. The molecule has 17 heavy (non-hydrogen) atoms. The van der Waals surface area contributed by atoms with Crippen molar-refractivity contribution in [1.29, 1.82) is 0 Å². The molecule has 0 radical (unpaired) electrons. The van der Waals surface area contributed by atoms with E-state index < -0.39 is 0 Å². The summed E-state index contributed by atoms with van der Waals surface area (Å²) < 4.78 is 0. The molecule has 1 aromatic rings. The predicted octanol–water partition coefficient (Wildman–Crippen LogP) is 3.06. The molecule has 0 aliphatic rings. The Balaban J connectivity index is 2.35. The Morgan fingerprint density at radius 1 is 1.24 bits per heavy atom. The van der Waals surface area contributed by atoms with Crippen molar-refractivity contribution in [1.82, 2.24) is 5.32 Å². The minimum Gasteiger partial charge on any atom is -0.376 e. The van der Waals surface area contributed by atoms with Crippen LogP contribution in [-0.2, 0) is 4.79 Å². The van der Waals surface area contributed by atoms with E-state index in [1.807, 2.05) is 12.1 Å². The van der Waals surface area contributed by atoms with Crippen LogP contribution in [0.5, 0.6) is 0 Å². The Bertz CT molecular complexity index is 347. The third-order valence-corrected chi connectivity index (χ3v) is 2.90. The molecule has 0 aromatic heterocycles. The van der Waals surface area contributed by atoms with Gasteiger partial charge in [0.1, 0.15) is 0 Å². The minimum atomic E-state index is 0.0219. The number of carbonyl (C=O) groups excluding carboxylic acids is 1. The first-order valence-electron chi connectivity index (χ1n) is 5.94. The molecule has 0 heterocycles. The summed E-state index contributed by atoms with van der Waals surface area (Å²) in [5.41, 5.74) is 0.897. The van der Waals surface area contributed by atoms with E-state index >= 15 is 0 Å². The fourth-order valence-electron chi connectivity index (χ4n) is 1.52. The number of benzene rings is 1. The Hall–Kier alpha value is -1.22. The monoisotopic (exact) mass is 254 g/mol. The first kappa shape index (κ1) is 13.8. The van der Waals surface area contributed by atoms with E-state index in [0.717, 1.165) is 18.5 Å². The molecule has 0 atom stereocenters. The molecule has 1 aromatic carbocycles. The minimum absolute atomic E-state index is 0.0219. The molecule has 0 fully saturated rings. The van der Waals surface area contributed by atoms with Crippen LogP contribution in [0.25, 0.3) is 0 Å². The molecule has 0 saturated heterocycles. The second-order valence-electron chi connectivity index (χ2n) is 3.94. The van der Waals surface area contributed by atoms with Crippen LogP contribution in [0.4, 0.5) is 5.69 Å². The van der Waals surface area contributed by atoms with Gasteiger partial charge in [0.25, 0.3) is 0 Å². The molecule has 0 saturated carbocycles. The smallest absolute Gasteiger partial charge is 0.239 e. The maximum Gasteiger partial charge on any atom is 0.239 e. The number of hydrogen-bond donors (Lipinski definition) is 2. The van der Waals surface area contributed by atoms with Crippen LogP contribution < -0.4 is 10.6 Å². The molecule has 0 aliphatic carbocycles. The summed E-state index contributed by atoms with van der Waals surface area (Å²) >= 11 is 5.77. The number of hydrogen-bond acceptors (Lipinski definition) is 2. The van der Waals surface area contributed by atoms with E-state index in [2.05, 4.69) is 24.5 Å². The summed E-state index contributed by atoms with van der Waals surface area (Å²) in [7, 11) is 0. The van der Waals surface area contributed by atoms with Gasteiger partial charge in [-0.15, -0.1) is 0 Å². The second-order valence-corrected chi connectivity index (χ2v) is 4.38. The molecule has 0 aliphatic heterocycles. The Labute approximate surface area is 108 Å². The van der Waals surface area contributed by atoms with Gasteiger partial charge in [0, 0.05) is 16.8 Å². The molecule has 1 rings (SSSR count). The number of amides is 1. The van der Waals surface area contributed by atoms with Crippen molar-refractivity contribution >= 4 is 23.2 Å². The third-order valence-electron chi connectivity index (χ3n) is 2.65. The van der Waals surface area contributed by atoms with Crippen LogP contribution in [0.2, 0.25) is 5.02 Å². The second kappa shape index (κ2) is 7.17. The van der Waals surface area contributed by atoms with Crippen molar-refractivity contribution in [3.05, 3.63) is 29.3 Å². The predicted molar refractivity (Wildman–Crippen MR) is 72.5 cm³/mol. The molecular formula is C13H19ClN2O. The topological polar surface area (TPSA) is 41.1 Å². The SMILES string of the molecule is CCC(CC)NC(=O)CNc1ccc(Cl)cc1. The summed E-state index contributed by atoms with van der Waals surface area (Å²) in [5.74, 6) is 0.0219. The zero-order valence-corrected chi connectivity index (χ0v) is 11.1. The maximum absolute atomic E-state index is 11.6. The molecule has 2 N–H and O–H groups in total. The molecule has 3 nitrogen and oxygen atoms in total. The van der Waals surface area contributed by atoms with Gasteiger partial charge in [-0.05, 0) is 37.1 Å².